The van der Waals surface area contributed by atoms with E-state index >= 15 is 0 Å². The van der Waals surface area contributed by atoms with Gasteiger partial charge in [0.2, 0.25) is 0 Å². The van der Waals surface area contributed by atoms with Crippen molar-refractivity contribution in [2.24, 2.45) is 0 Å². The van der Waals surface area contributed by atoms with E-state index in [9.17, 15) is 8.78 Å². The molecule has 16 heavy (non-hydrogen) atoms. The summed E-state index contributed by atoms with van der Waals surface area (Å²) in [4.78, 5) is 0. The summed E-state index contributed by atoms with van der Waals surface area (Å²) in [5, 5.41) is 0. The van der Waals surface area contributed by atoms with Crippen molar-refractivity contribution in [3.63, 3.8) is 0 Å². The Balaban J connectivity index is 2.60. The van der Waals surface area contributed by atoms with Crippen LogP contribution in [0.5, 0.6) is 0 Å². The van der Waals surface area contributed by atoms with Crippen LogP contribution >= 0.6 is 0 Å². The first-order chi connectivity index (χ1) is 7.72. The van der Waals surface area contributed by atoms with Crippen LogP contribution in [0.4, 0.5) is 8.78 Å². The minimum Gasteiger partial charge on any atom is -0.206 e. The average molecular weight is 214 g/mol. The third-order valence-corrected chi connectivity index (χ3v) is 2.30. The van der Waals surface area contributed by atoms with Gasteiger partial charge in [-0.25, -0.2) is 8.78 Å². The van der Waals surface area contributed by atoms with Crippen molar-refractivity contribution >= 4 is 0 Å². The number of rotatable bonds is 1. The fourth-order valence-electron chi connectivity index (χ4n) is 1.50. The van der Waals surface area contributed by atoms with Crippen molar-refractivity contribution in [3.8, 4) is 23.5 Å². The van der Waals surface area contributed by atoms with E-state index in [1.165, 1.54) is 0 Å². The van der Waals surface area contributed by atoms with Gasteiger partial charge in [0.05, 0.1) is 5.56 Å². The Bertz CT molecular complexity index is 551. The van der Waals surface area contributed by atoms with Gasteiger partial charge in [0, 0.05) is 5.56 Å². The summed E-state index contributed by atoms with van der Waals surface area (Å²) >= 11 is 0. The van der Waals surface area contributed by atoms with E-state index in [1.54, 1.807) is 24.3 Å². The Morgan fingerprint density at radius 1 is 0.938 bits per heavy atom. The van der Waals surface area contributed by atoms with Crippen LogP contribution in [0.1, 0.15) is 5.56 Å². The third-order valence-electron chi connectivity index (χ3n) is 2.30. The fourth-order valence-corrected chi connectivity index (χ4v) is 1.50. The van der Waals surface area contributed by atoms with Gasteiger partial charge in [-0.1, -0.05) is 36.3 Å². The average Bonchev–Trinajstić information content (AvgIpc) is 2.32. The Hall–Kier alpha value is -2.14. The van der Waals surface area contributed by atoms with Gasteiger partial charge in [-0.05, 0) is 17.7 Å². The molecule has 0 radical (unpaired) electrons. The zero-order valence-electron chi connectivity index (χ0n) is 8.37. The maximum atomic E-state index is 13.6. The van der Waals surface area contributed by atoms with Crippen LogP contribution in [0.2, 0.25) is 0 Å². The second-order valence-corrected chi connectivity index (χ2v) is 3.32. The molecule has 0 aliphatic rings. The zero-order valence-corrected chi connectivity index (χ0v) is 8.37. The summed E-state index contributed by atoms with van der Waals surface area (Å²) < 4.78 is 27.0. The number of terminal acetylenes is 1. The Kier molecular flexibility index (Phi) is 2.70. The molecule has 0 atom stereocenters. The normalized spacial score (nSPS) is 9.81. The topological polar surface area (TPSA) is 0 Å². The third kappa shape index (κ3) is 1.80. The van der Waals surface area contributed by atoms with Crippen LogP contribution in [0.15, 0.2) is 42.5 Å². The monoisotopic (exact) mass is 214 g/mol. The second kappa shape index (κ2) is 4.16. The molecule has 0 amide bonds. The van der Waals surface area contributed by atoms with E-state index in [0.29, 0.717) is 5.56 Å². The molecule has 0 spiro atoms. The first-order valence-electron chi connectivity index (χ1n) is 4.73. The lowest BCUT2D eigenvalue weighted by molar-refractivity contribution is 0.600. The fraction of sp³-hybridized carbons (Fsp3) is 0. The molecular weight excluding hydrogens is 206 g/mol. The van der Waals surface area contributed by atoms with Crippen LogP contribution < -0.4 is 0 Å². The van der Waals surface area contributed by atoms with Gasteiger partial charge in [-0.15, -0.1) is 6.42 Å². The molecule has 2 heteroatoms. The van der Waals surface area contributed by atoms with E-state index < -0.39 is 11.6 Å². The van der Waals surface area contributed by atoms with Gasteiger partial charge in [0.1, 0.15) is 11.6 Å². The number of hydrogen-bond acceptors (Lipinski definition) is 0. The molecular formula is C14H8F2. The molecule has 0 unspecified atom stereocenters. The minimum atomic E-state index is -0.581. The van der Waals surface area contributed by atoms with Crippen LogP contribution in [0, 0.1) is 24.0 Å². The molecule has 2 rings (SSSR count). The largest absolute Gasteiger partial charge is 0.206 e. The summed E-state index contributed by atoms with van der Waals surface area (Å²) in [6.07, 6.45) is 5.05. The van der Waals surface area contributed by atoms with Crippen molar-refractivity contribution in [1.82, 2.24) is 0 Å². The van der Waals surface area contributed by atoms with Gasteiger partial charge in [-0.2, -0.15) is 0 Å². The number of halogens is 2. The quantitative estimate of drug-likeness (QED) is 0.636. The SMILES string of the molecule is C#Cc1cc(F)c(-c2ccccc2)cc1F. The van der Waals surface area contributed by atoms with Gasteiger partial charge < -0.3 is 0 Å². The first-order valence-corrected chi connectivity index (χ1v) is 4.73. The highest BCUT2D eigenvalue weighted by Crippen LogP contribution is 2.24. The summed E-state index contributed by atoms with van der Waals surface area (Å²) in [7, 11) is 0. The van der Waals surface area contributed by atoms with Crippen LogP contribution in [-0.4, -0.2) is 0 Å². The zero-order chi connectivity index (χ0) is 11.5. The van der Waals surface area contributed by atoms with Gasteiger partial charge in [0.15, 0.2) is 0 Å². The maximum absolute atomic E-state index is 13.6. The summed E-state index contributed by atoms with van der Waals surface area (Å²) in [5.41, 5.74) is 0.789. The highest BCUT2D eigenvalue weighted by molar-refractivity contribution is 5.65. The number of hydrogen-bond donors (Lipinski definition) is 0. The molecule has 0 bridgehead atoms. The first kappa shape index (κ1) is 10.4. The molecule has 0 fully saturated rings. The van der Waals surface area contributed by atoms with E-state index in [2.05, 4.69) is 5.92 Å². The highest BCUT2D eigenvalue weighted by atomic mass is 19.1. The van der Waals surface area contributed by atoms with E-state index in [1.807, 2.05) is 6.07 Å². The highest BCUT2D eigenvalue weighted by Gasteiger charge is 2.09. The second-order valence-electron chi connectivity index (χ2n) is 3.32. The lowest BCUT2D eigenvalue weighted by Gasteiger charge is -2.04. The summed E-state index contributed by atoms with van der Waals surface area (Å²) in [6.45, 7) is 0. The molecule has 0 aliphatic carbocycles. The molecule has 0 aliphatic heterocycles. The lowest BCUT2D eigenvalue weighted by atomic mass is 10.0. The standard InChI is InChI=1S/C14H8F2/c1-2-10-8-14(16)12(9-13(10)15)11-6-4-3-5-7-11/h1,3-9H. The predicted octanol–water partition coefficient (Wildman–Crippen LogP) is 3.61. The minimum absolute atomic E-state index is 0.0582. The van der Waals surface area contributed by atoms with Crippen LogP contribution in [-0.2, 0) is 0 Å². The molecule has 0 heterocycles. The van der Waals surface area contributed by atoms with Crippen molar-refractivity contribution in [2.75, 3.05) is 0 Å². The smallest absolute Gasteiger partial charge is 0.139 e. The number of benzene rings is 2. The Morgan fingerprint density at radius 2 is 1.62 bits per heavy atom. The summed E-state index contributed by atoms with van der Waals surface area (Å²) in [5.74, 6) is 1.01. The molecule has 0 nitrogen and oxygen atoms in total. The van der Waals surface area contributed by atoms with Gasteiger partial charge in [-0.3, -0.25) is 0 Å². The molecule has 0 saturated carbocycles. The molecule has 0 saturated heterocycles. The molecule has 2 aromatic rings. The Labute approximate surface area is 92.5 Å². The van der Waals surface area contributed by atoms with E-state index in [-0.39, 0.29) is 11.1 Å². The van der Waals surface area contributed by atoms with Crippen molar-refractivity contribution in [2.45, 2.75) is 0 Å². The van der Waals surface area contributed by atoms with Gasteiger partial charge in [0.25, 0.3) is 0 Å². The van der Waals surface area contributed by atoms with Crippen molar-refractivity contribution in [3.05, 3.63) is 59.7 Å². The summed E-state index contributed by atoms with van der Waals surface area (Å²) in [6, 6.07) is 10.9. The van der Waals surface area contributed by atoms with Gasteiger partial charge >= 0.3 is 0 Å². The van der Waals surface area contributed by atoms with E-state index in [0.717, 1.165) is 12.1 Å². The van der Waals surface area contributed by atoms with Crippen molar-refractivity contribution in [1.29, 1.82) is 0 Å². The molecule has 78 valence electrons. The predicted molar refractivity (Wildman–Crippen MR) is 59.7 cm³/mol. The molecule has 0 N–H and O–H groups in total. The molecule has 2 aromatic carbocycles. The van der Waals surface area contributed by atoms with Crippen LogP contribution in [0.3, 0.4) is 0 Å². The molecule has 0 aromatic heterocycles. The van der Waals surface area contributed by atoms with E-state index in [4.69, 9.17) is 6.42 Å². The Morgan fingerprint density at radius 3 is 2.25 bits per heavy atom. The van der Waals surface area contributed by atoms with Crippen molar-refractivity contribution < 1.29 is 8.78 Å². The van der Waals surface area contributed by atoms with Crippen LogP contribution in [0.25, 0.3) is 11.1 Å². The lowest BCUT2D eigenvalue weighted by Crippen LogP contribution is -1.90. The maximum Gasteiger partial charge on any atom is 0.139 e.